The molecular weight excluding hydrogens is 578 g/mol. The second-order valence-corrected chi connectivity index (χ2v) is 9.94. The third kappa shape index (κ3) is 8.55. The highest BCUT2D eigenvalue weighted by molar-refractivity contribution is 7.18. The minimum Gasteiger partial charge on any atom is -0.370 e. The van der Waals surface area contributed by atoms with Crippen LogP contribution in [0.1, 0.15) is 21.7 Å². The molecule has 2 aromatic rings. The Hall–Kier alpha value is -2.88. The monoisotopic (exact) mass is 600 g/mol. The summed E-state index contributed by atoms with van der Waals surface area (Å²) in [4.78, 5) is 39.4. The summed E-state index contributed by atoms with van der Waals surface area (Å²) in [5.74, 6) is -2.37. The maximum atomic E-state index is 13.9. The third-order valence-electron chi connectivity index (χ3n) is 5.55. The molecule has 0 radical (unpaired) electrons. The summed E-state index contributed by atoms with van der Waals surface area (Å²) in [6.07, 6.45) is -9.25. The van der Waals surface area contributed by atoms with Crippen LogP contribution in [0.5, 0.6) is 0 Å². The maximum Gasteiger partial charge on any atom is 0.265 e. The van der Waals surface area contributed by atoms with Crippen LogP contribution in [0, 0.1) is 0 Å². The number of nitrogens with zero attached hydrogens (tertiary/aromatic N) is 2. The van der Waals surface area contributed by atoms with E-state index in [4.69, 9.17) is 16.3 Å². The molecule has 8 nitrogen and oxygen atoms in total. The fourth-order valence-electron chi connectivity index (χ4n) is 3.84. The molecule has 0 unspecified atom stereocenters. The van der Waals surface area contributed by atoms with Crippen LogP contribution in [0.15, 0.2) is 30.3 Å². The summed E-state index contributed by atoms with van der Waals surface area (Å²) in [5, 5.41) is 4.61. The fraction of sp³-hybridized carbons (Fsp3) is 0.435. The quantitative estimate of drug-likeness (QED) is 0.355. The van der Waals surface area contributed by atoms with Crippen LogP contribution in [-0.4, -0.2) is 80.9 Å². The van der Waals surface area contributed by atoms with Gasteiger partial charge in [-0.2, -0.15) is 0 Å². The van der Waals surface area contributed by atoms with E-state index in [0.717, 1.165) is 22.3 Å². The van der Waals surface area contributed by atoms with Gasteiger partial charge < -0.3 is 20.3 Å². The molecule has 1 saturated heterocycles. The molecule has 0 aliphatic carbocycles. The van der Waals surface area contributed by atoms with Crippen LogP contribution in [0.3, 0.4) is 0 Å². The Balaban J connectivity index is 1.85. The van der Waals surface area contributed by atoms with Crippen molar-refractivity contribution in [3.05, 3.63) is 45.1 Å². The van der Waals surface area contributed by atoms with Crippen LogP contribution in [-0.2, 0) is 14.3 Å². The topological polar surface area (TPSA) is 91.0 Å². The Bertz CT molecular complexity index is 1160. The zero-order chi connectivity index (χ0) is 28.7. The zero-order valence-electron chi connectivity index (χ0n) is 20.0. The predicted octanol–water partition coefficient (Wildman–Crippen LogP) is 4.27. The van der Waals surface area contributed by atoms with E-state index in [1.54, 1.807) is 0 Å². The van der Waals surface area contributed by atoms with Gasteiger partial charge in [0.2, 0.25) is 5.91 Å². The largest absolute Gasteiger partial charge is 0.370 e. The Morgan fingerprint density at radius 1 is 1.08 bits per heavy atom. The van der Waals surface area contributed by atoms with Crippen molar-refractivity contribution < 1.29 is 45.5 Å². The molecule has 2 heterocycles. The molecule has 0 saturated carbocycles. The summed E-state index contributed by atoms with van der Waals surface area (Å²) in [6, 6.07) is 4.36. The summed E-state index contributed by atoms with van der Waals surface area (Å²) >= 11 is 6.69. The van der Waals surface area contributed by atoms with E-state index in [0.29, 0.717) is 4.90 Å². The Labute approximate surface area is 227 Å². The van der Waals surface area contributed by atoms with Crippen LogP contribution in [0.25, 0.3) is 0 Å². The maximum absolute atomic E-state index is 13.9. The SMILES string of the molecule is O=C(NC[C@@H](C(=O)Nc1ccc(N2CCOCC2=O)c(C(F)F)c1)N(CC(F)F)CC(F)F)c1ccc(Cl)s1. The number of benzene rings is 1. The van der Waals surface area contributed by atoms with Gasteiger partial charge in [-0.3, -0.25) is 19.3 Å². The van der Waals surface area contributed by atoms with Crippen molar-refractivity contribution in [1.29, 1.82) is 0 Å². The Morgan fingerprint density at radius 2 is 1.77 bits per heavy atom. The zero-order valence-corrected chi connectivity index (χ0v) is 21.6. The third-order valence-corrected chi connectivity index (χ3v) is 6.78. The molecule has 0 bridgehead atoms. The number of anilines is 2. The minimum absolute atomic E-state index is 0.0255. The first-order valence-electron chi connectivity index (χ1n) is 11.4. The molecule has 1 aliphatic rings. The van der Waals surface area contributed by atoms with E-state index in [2.05, 4.69) is 10.6 Å². The van der Waals surface area contributed by atoms with Gasteiger partial charge in [-0.1, -0.05) is 11.6 Å². The summed E-state index contributed by atoms with van der Waals surface area (Å²) in [5.41, 5.74) is -0.901. The number of amides is 3. The Kier molecular flexibility index (Phi) is 11.0. The van der Waals surface area contributed by atoms with Gasteiger partial charge in [0.05, 0.1) is 34.6 Å². The number of morpholine rings is 1. The molecule has 214 valence electrons. The number of nitrogens with one attached hydrogen (secondary N) is 2. The lowest BCUT2D eigenvalue weighted by atomic mass is 10.1. The highest BCUT2D eigenvalue weighted by Crippen LogP contribution is 2.33. The molecule has 3 rings (SSSR count). The fourth-order valence-corrected chi connectivity index (χ4v) is 4.79. The van der Waals surface area contributed by atoms with Crippen molar-refractivity contribution in [2.75, 3.05) is 49.6 Å². The van der Waals surface area contributed by atoms with Gasteiger partial charge in [0.25, 0.3) is 31.1 Å². The molecule has 1 aromatic carbocycles. The number of carbonyl (C=O) groups excluding carboxylic acids is 3. The number of hydrogen-bond donors (Lipinski definition) is 2. The van der Waals surface area contributed by atoms with Crippen molar-refractivity contribution >= 4 is 52.0 Å². The van der Waals surface area contributed by atoms with Gasteiger partial charge in [-0.25, -0.2) is 26.3 Å². The second kappa shape index (κ2) is 14.0. The van der Waals surface area contributed by atoms with E-state index >= 15 is 0 Å². The van der Waals surface area contributed by atoms with Gasteiger partial charge in [-0.05, 0) is 30.3 Å². The molecular formula is C23H23ClF6N4O4S. The van der Waals surface area contributed by atoms with E-state index in [1.165, 1.54) is 24.3 Å². The first-order chi connectivity index (χ1) is 18.5. The molecule has 2 N–H and O–H groups in total. The van der Waals surface area contributed by atoms with Crippen LogP contribution >= 0.6 is 22.9 Å². The molecule has 1 fully saturated rings. The normalized spacial score (nSPS) is 14.9. The standard InChI is InChI=1S/C23H23ClF6N4O4S/c24-17-4-3-16(39-17)23(37)31-8-15(33(9-18(25)26)10-19(27)28)22(36)32-12-1-2-14(13(7-12)21(29)30)34-5-6-38-11-20(34)35/h1-4,7,15,18-19,21H,5-6,8-11H2,(H,31,37)(H,32,36)/t15-/m0/s1. The van der Waals surface area contributed by atoms with Crippen LogP contribution < -0.4 is 15.5 Å². The molecule has 3 amide bonds. The average molecular weight is 601 g/mol. The van der Waals surface area contributed by atoms with Crippen LogP contribution in [0.4, 0.5) is 37.7 Å². The number of rotatable bonds is 12. The summed E-state index contributed by atoms with van der Waals surface area (Å²) in [6.45, 7) is -3.23. The number of halogens is 7. The first kappa shape index (κ1) is 30.7. The van der Waals surface area contributed by atoms with Gasteiger partial charge in [0.1, 0.15) is 12.6 Å². The smallest absolute Gasteiger partial charge is 0.265 e. The highest BCUT2D eigenvalue weighted by Gasteiger charge is 2.32. The highest BCUT2D eigenvalue weighted by atomic mass is 35.5. The molecule has 16 heteroatoms. The molecule has 1 aliphatic heterocycles. The predicted molar refractivity (Wildman–Crippen MR) is 132 cm³/mol. The lowest BCUT2D eigenvalue weighted by Gasteiger charge is -2.31. The number of ether oxygens (including phenoxy) is 1. The van der Waals surface area contributed by atoms with E-state index < -0.39 is 68.2 Å². The van der Waals surface area contributed by atoms with E-state index in [-0.39, 0.29) is 40.3 Å². The van der Waals surface area contributed by atoms with E-state index in [9.17, 15) is 40.7 Å². The van der Waals surface area contributed by atoms with Gasteiger partial charge in [0, 0.05) is 24.3 Å². The summed E-state index contributed by atoms with van der Waals surface area (Å²) in [7, 11) is 0. The van der Waals surface area contributed by atoms with Crippen molar-refractivity contribution in [1.82, 2.24) is 10.2 Å². The average Bonchev–Trinajstić information content (AvgIpc) is 3.30. The number of thiophene rings is 1. The van der Waals surface area contributed by atoms with Gasteiger partial charge in [-0.15, -0.1) is 11.3 Å². The van der Waals surface area contributed by atoms with Gasteiger partial charge in [0.15, 0.2) is 0 Å². The van der Waals surface area contributed by atoms with Crippen molar-refractivity contribution in [3.63, 3.8) is 0 Å². The van der Waals surface area contributed by atoms with Crippen molar-refractivity contribution in [2.24, 2.45) is 0 Å². The van der Waals surface area contributed by atoms with Gasteiger partial charge >= 0.3 is 0 Å². The second-order valence-electron chi connectivity index (χ2n) is 8.23. The number of carbonyl (C=O) groups is 3. The van der Waals surface area contributed by atoms with E-state index in [1.807, 2.05) is 0 Å². The van der Waals surface area contributed by atoms with Crippen molar-refractivity contribution in [2.45, 2.75) is 25.3 Å². The first-order valence-corrected chi connectivity index (χ1v) is 12.6. The lowest BCUT2D eigenvalue weighted by molar-refractivity contribution is -0.126. The molecule has 1 atom stereocenters. The minimum atomic E-state index is -3.10. The number of alkyl halides is 6. The summed E-state index contributed by atoms with van der Waals surface area (Å²) < 4.78 is 85.8. The molecule has 1 aromatic heterocycles. The van der Waals surface area contributed by atoms with Crippen molar-refractivity contribution in [3.8, 4) is 0 Å². The molecule has 39 heavy (non-hydrogen) atoms. The number of hydrogen-bond acceptors (Lipinski definition) is 6. The Morgan fingerprint density at radius 3 is 2.33 bits per heavy atom. The molecule has 0 spiro atoms. The van der Waals surface area contributed by atoms with Crippen LogP contribution in [0.2, 0.25) is 4.34 Å². The lowest BCUT2D eigenvalue weighted by Crippen LogP contribution is -2.53.